The number of hydrogen-bond donors (Lipinski definition) is 3. The average Bonchev–Trinajstić information content (AvgIpc) is 3.00. The van der Waals surface area contributed by atoms with Crippen molar-refractivity contribution in [3.8, 4) is 5.75 Å². The fraction of sp³-hybridized carbons (Fsp3) is 0.406. The first-order valence-electron chi connectivity index (χ1n) is 15.0. The Morgan fingerprint density at radius 1 is 1.07 bits per heavy atom. The maximum absolute atomic E-state index is 13.8. The van der Waals surface area contributed by atoms with Crippen LogP contribution in [0.15, 0.2) is 48.8 Å². The molecule has 0 fully saturated rings. The van der Waals surface area contributed by atoms with E-state index in [2.05, 4.69) is 42.6 Å². The van der Waals surface area contributed by atoms with Gasteiger partial charge in [-0.25, -0.2) is 28.5 Å². The quantitative estimate of drug-likeness (QED) is 0.159. The van der Waals surface area contributed by atoms with Crippen LogP contribution < -0.4 is 15.4 Å². The topological polar surface area (TPSA) is 125 Å². The summed E-state index contributed by atoms with van der Waals surface area (Å²) in [4.78, 5) is 31.7. The van der Waals surface area contributed by atoms with Crippen molar-refractivity contribution in [2.45, 2.75) is 51.5 Å². The molecule has 44 heavy (non-hydrogen) atoms. The second-order valence-corrected chi connectivity index (χ2v) is 10.9. The highest BCUT2D eigenvalue weighted by atomic mass is 19.1. The molecule has 1 aliphatic rings. The lowest BCUT2D eigenvalue weighted by molar-refractivity contribution is -0.138. The Morgan fingerprint density at radius 2 is 1.95 bits per heavy atom. The number of ether oxygens (including phenoxy) is 1. The largest absolute Gasteiger partial charge is 0.491 e. The summed E-state index contributed by atoms with van der Waals surface area (Å²) in [6, 6.07) is 8.74. The number of aryl methyl sites for hydroxylation is 3. The summed E-state index contributed by atoms with van der Waals surface area (Å²) < 4.78 is 33.1. The van der Waals surface area contributed by atoms with Crippen LogP contribution >= 0.6 is 0 Å². The molecular formula is C32H37F2N7O3. The SMILES string of the molecule is Cc1nc(N[C@@H](CCN(CCCCc2ccc3c(n2)NCCC3)CCOc2cncc(F)c2)C(=O)O)c2ccc(F)cc2n1. The van der Waals surface area contributed by atoms with E-state index >= 15 is 0 Å². The van der Waals surface area contributed by atoms with Crippen LogP contribution in [-0.2, 0) is 17.6 Å². The van der Waals surface area contributed by atoms with Crippen molar-refractivity contribution in [1.82, 2.24) is 24.8 Å². The predicted molar refractivity (Wildman–Crippen MR) is 164 cm³/mol. The number of nitrogens with one attached hydrogen (secondary N) is 2. The van der Waals surface area contributed by atoms with Crippen molar-refractivity contribution < 1.29 is 23.4 Å². The summed E-state index contributed by atoms with van der Waals surface area (Å²) in [6.07, 6.45) is 7.66. The van der Waals surface area contributed by atoms with E-state index in [1.807, 2.05) is 0 Å². The minimum absolute atomic E-state index is 0.278. The number of halogens is 2. The Labute approximate surface area is 254 Å². The molecule has 5 rings (SSSR count). The van der Waals surface area contributed by atoms with Gasteiger partial charge in [0.05, 0.1) is 17.9 Å². The lowest BCUT2D eigenvalue weighted by Gasteiger charge is -2.25. The third-order valence-electron chi connectivity index (χ3n) is 7.58. The maximum atomic E-state index is 13.8. The van der Waals surface area contributed by atoms with Crippen molar-refractivity contribution in [3.05, 3.63) is 77.5 Å². The lowest BCUT2D eigenvalue weighted by Crippen LogP contribution is -2.37. The first-order chi connectivity index (χ1) is 21.3. The second kappa shape index (κ2) is 14.8. The third kappa shape index (κ3) is 8.56. The molecule has 0 radical (unpaired) electrons. The monoisotopic (exact) mass is 605 g/mol. The number of hydrogen-bond acceptors (Lipinski definition) is 9. The zero-order valence-electron chi connectivity index (χ0n) is 24.7. The van der Waals surface area contributed by atoms with Crippen LogP contribution in [-0.4, -0.2) is 74.7 Å². The van der Waals surface area contributed by atoms with Gasteiger partial charge in [0.1, 0.15) is 47.5 Å². The molecule has 232 valence electrons. The smallest absolute Gasteiger partial charge is 0.326 e. The predicted octanol–water partition coefficient (Wildman–Crippen LogP) is 5.02. The number of aromatic nitrogens is 4. The highest BCUT2D eigenvalue weighted by molar-refractivity contribution is 5.91. The molecule has 3 N–H and O–H groups in total. The van der Waals surface area contributed by atoms with Crippen LogP contribution in [0.4, 0.5) is 20.4 Å². The van der Waals surface area contributed by atoms with E-state index in [-0.39, 0.29) is 13.0 Å². The molecule has 0 saturated heterocycles. The number of rotatable bonds is 15. The molecule has 0 unspecified atom stereocenters. The van der Waals surface area contributed by atoms with E-state index in [0.29, 0.717) is 41.4 Å². The van der Waals surface area contributed by atoms with Gasteiger partial charge in [0, 0.05) is 42.8 Å². The van der Waals surface area contributed by atoms with E-state index in [0.717, 1.165) is 62.9 Å². The van der Waals surface area contributed by atoms with Crippen molar-refractivity contribution >= 4 is 28.5 Å². The van der Waals surface area contributed by atoms with Gasteiger partial charge < -0.3 is 20.5 Å². The van der Waals surface area contributed by atoms with E-state index in [1.54, 1.807) is 13.0 Å². The van der Waals surface area contributed by atoms with E-state index < -0.39 is 23.6 Å². The summed E-state index contributed by atoms with van der Waals surface area (Å²) in [5.74, 6) is 0.154. The fourth-order valence-electron chi connectivity index (χ4n) is 5.31. The normalized spacial score (nSPS) is 13.4. The van der Waals surface area contributed by atoms with Crippen LogP contribution in [0.2, 0.25) is 0 Å². The third-order valence-corrected chi connectivity index (χ3v) is 7.58. The molecule has 1 aliphatic heterocycles. The molecule has 0 amide bonds. The standard InChI is InChI=1S/C32H37F2N7O3/c1-21-37-29-18-23(33)8-10-27(29)31(38-21)40-28(32(42)43)11-14-41(15-16-44-26-17-24(34)19-35-20-26)13-3-2-6-25-9-7-22-5-4-12-36-30(22)39-25/h7-10,17-20,28H,2-6,11-16H2,1H3,(H,36,39)(H,42,43)(H,37,38,40)/t28-/m0/s1. The summed E-state index contributed by atoms with van der Waals surface area (Å²) in [5.41, 5.74) is 2.71. The molecule has 0 saturated carbocycles. The van der Waals surface area contributed by atoms with Gasteiger partial charge in [-0.05, 0) is 75.8 Å². The molecule has 12 heteroatoms. The average molecular weight is 606 g/mol. The summed E-state index contributed by atoms with van der Waals surface area (Å²) in [5, 5.41) is 17.0. The molecule has 4 heterocycles. The molecule has 10 nitrogen and oxygen atoms in total. The number of unbranched alkanes of at least 4 members (excludes halogenated alkanes) is 1. The minimum atomic E-state index is -1.02. The Morgan fingerprint density at radius 3 is 2.80 bits per heavy atom. The van der Waals surface area contributed by atoms with Gasteiger partial charge >= 0.3 is 5.97 Å². The number of carbonyl (C=O) groups is 1. The number of anilines is 2. The first-order valence-corrected chi connectivity index (χ1v) is 15.0. The number of carboxylic acid groups (broad SMARTS) is 1. The number of aliphatic carboxylic acids is 1. The Bertz CT molecular complexity index is 1580. The second-order valence-electron chi connectivity index (χ2n) is 10.9. The first kappa shape index (κ1) is 31.0. The molecule has 3 aromatic heterocycles. The number of nitrogens with zero attached hydrogens (tertiary/aromatic N) is 5. The van der Waals surface area contributed by atoms with Gasteiger partial charge in [-0.15, -0.1) is 0 Å². The highest BCUT2D eigenvalue weighted by Crippen LogP contribution is 2.23. The lowest BCUT2D eigenvalue weighted by atomic mass is 10.1. The van der Waals surface area contributed by atoms with Crippen LogP contribution in [0.5, 0.6) is 5.75 Å². The zero-order chi connectivity index (χ0) is 30.9. The Hall–Kier alpha value is -4.45. The van der Waals surface area contributed by atoms with Crippen LogP contribution in [0.3, 0.4) is 0 Å². The molecule has 0 aliphatic carbocycles. The molecule has 0 spiro atoms. The van der Waals surface area contributed by atoms with Gasteiger partial charge in [-0.1, -0.05) is 6.07 Å². The number of carboxylic acids is 1. The van der Waals surface area contributed by atoms with E-state index in [1.165, 1.54) is 30.0 Å². The van der Waals surface area contributed by atoms with Crippen molar-refractivity contribution in [3.63, 3.8) is 0 Å². The van der Waals surface area contributed by atoms with Gasteiger partial charge in [-0.3, -0.25) is 9.88 Å². The molecule has 1 aromatic carbocycles. The number of pyridine rings is 2. The van der Waals surface area contributed by atoms with Crippen molar-refractivity contribution in [1.29, 1.82) is 0 Å². The van der Waals surface area contributed by atoms with Crippen LogP contribution in [0.25, 0.3) is 10.9 Å². The minimum Gasteiger partial charge on any atom is -0.491 e. The number of benzene rings is 1. The molecular weight excluding hydrogens is 568 g/mol. The van der Waals surface area contributed by atoms with Crippen molar-refractivity contribution in [2.75, 3.05) is 43.4 Å². The maximum Gasteiger partial charge on any atom is 0.326 e. The Balaban J connectivity index is 1.20. The van der Waals surface area contributed by atoms with E-state index in [9.17, 15) is 18.7 Å². The molecule has 1 atom stereocenters. The highest BCUT2D eigenvalue weighted by Gasteiger charge is 2.21. The summed E-state index contributed by atoms with van der Waals surface area (Å²) >= 11 is 0. The summed E-state index contributed by atoms with van der Waals surface area (Å²) in [7, 11) is 0. The van der Waals surface area contributed by atoms with E-state index in [4.69, 9.17) is 9.72 Å². The van der Waals surface area contributed by atoms with Crippen LogP contribution in [0.1, 0.15) is 42.8 Å². The Kier molecular flexibility index (Phi) is 10.4. The van der Waals surface area contributed by atoms with Crippen LogP contribution in [0, 0.1) is 18.6 Å². The molecule has 4 aromatic rings. The van der Waals surface area contributed by atoms with Gasteiger partial charge in [0.25, 0.3) is 0 Å². The summed E-state index contributed by atoms with van der Waals surface area (Å²) in [6.45, 7) is 4.61. The van der Waals surface area contributed by atoms with Crippen molar-refractivity contribution in [2.24, 2.45) is 0 Å². The fourth-order valence-corrected chi connectivity index (χ4v) is 5.31. The zero-order valence-corrected chi connectivity index (χ0v) is 24.7. The van der Waals surface area contributed by atoms with Gasteiger partial charge in [0.15, 0.2) is 0 Å². The number of fused-ring (bicyclic) bond motifs is 2. The van der Waals surface area contributed by atoms with Gasteiger partial charge in [-0.2, -0.15) is 0 Å². The van der Waals surface area contributed by atoms with Gasteiger partial charge in [0.2, 0.25) is 0 Å². The molecule has 0 bridgehead atoms.